The Bertz CT molecular complexity index is 2780. The topological polar surface area (TPSA) is 45.4 Å². The molecule has 0 saturated heterocycles. The maximum atomic E-state index is 9.71. The monoisotopic (exact) mass is 726 g/mol. The van der Waals surface area contributed by atoms with E-state index in [1.807, 2.05) is 42.6 Å². The summed E-state index contributed by atoms with van der Waals surface area (Å²) in [6.07, 6.45) is 2.01. The van der Waals surface area contributed by atoms with Gasteiger partial charge < -0.3 is 0 Å². The van der Waals surface area contributed by atoms with E-state index in [1.165, 1.54) is 38.9 Å². The molecule has 56 heavy (non-hydrogen) atoms. The zero-order valence-electron chi connectivity index (χ0n) is 30.1. The van der Waals surface area contributed by atoms with Crippen molar-refractivity contribution in [3.63, 3.8) is 0 Å². The molecular formula is C51H30N4Si. The van der Waals surface area contributed by atoms with E-state index in [1.54, 1.807) is 0 Å². The van der Waals surface area contributed by atoms with Crippen LogP contribution in [0.25, 0.3) is 43.2 Å². The van der Waals surface area contributed by atoms with Gasteiger partial charge in [-0.2, -0.15) is 5.26 Å². The van der Waals surface area contributed by atoms with Crippen LogP contribution in [-0.2, 0) is 5.41 Å². The number of rotatable bonds is 5. The zero-order chi connectivity index (χ0) is 37.9. The van der Waals surface area contributed by atoms with Gasteiger partial charge in [-0.05, 0) is 77.9 Å². The van der Waals surface area contributed by atoms with Crippen molar-refractivity contribution in [2.24, 2.45) is 0 Å². The van der Waals surface area contributed by atoms with Gasteiger partial charge in [0.2, 0.25) is 0 Å². The summed E-state index contributed by atoms with van der Waals surface area (Å²) in [6.45, 7) is 15.3. The van der Waals surface area contributed by atoms with Crippen LogP contribution in [0.3, 0.4) is 0 Å². The van der Waals surface area contributed by atoms with Crippen LogP contribution in [0.1, 0.15) is 27.8 Å². The van der Waals surface area contributed by atoms with Crippen molar-refractivity contribution in [3.8, 4) is 39.6 Å². The highest BCUT2D eigenvalue weighted by Gasteiger charge is 2.52. The van der Waals surface area contributed by atoms with Crippen molar-refractivity contribution in [1.82, 2.24) is 4.98 Å². The Morgan fingerprint density at radius 3 is 1.39 bits per heavy atom. The smallest absolute Gasteiger partial charge is 0.187 e. The first-order valence-electron chi connectivity index (χ1n) is 18.5. The van der Waals surface area contributed by atoms with Gasteiger partial charge in [0.15, 0.2) is 19.4 Å². The Labute approximate surface area is 326 Å². The molecule has 4 nitrogen and oxygen atoms in total. The Kier molecular flexibility index (Phi) is 7.51. The van der Waals surface area contributed by atoms with Gasteiger partial charge in [0.1, 0.15) is 0 Å². The first-order valence-corrected chi connectivity index (χ1v) is 20.5. The second kappa shape index (κ2) is 12.8. The second-order valence-corrected chi connectivity index (χ2v) is 18.2. The van der Waals surface area contributed by atoms with Gasteiger partial charge in [-0.1, -0.05) is 158 Å². The molecule has 5 heteroatoms. The minimum atomic E-state index is -3.03. The molecule has 10 rings (SSSR count). The minimum absolute atomic E-state index is 0.477. The maximum Gasteiger partial charge on any atom is 0.187 e. The number of benzene rings is 7. The third-order valence-electron chi connectivity index (χ3n) is 11.8. The molecule has 1 spiro atoms. The number of hydrogen-bond acceptors (Lipinski definition) is 2. The molecule has 0 fully saturated rings. The van der Waals surface area contributed by atoms with E-state index >= 15 is 0 Å². The fourth-order valence-electron chi connectivity index (χ4n) is 9.38. The molecule has 0 atom stereocenters. The fraction of sp³-hybridized carbons (Fsp3) is 0.0196. The lowest BCUT2D eigenvalue weighted by atomic mass is 9.70. The summed E-state index contributed by atoms with van der Waals surface area (Å²) in [5, 5.41) is 14.2. The average molecular weight is 727 g/mol. The van der Waals surface area contributed by atoms with Crippen molar-refractivity contribution in [2.45, 2.75) is 5.41 Å². The lowest BCUT2D eigenvalue weighted by Crippen LogP contribution is -2.74. The van der Waals surface area contributed by atoms with Gasteiger partial charge in [-0.3, -0.25) is 4.98 Å². The van der Waals surface area contributed by atoms with Crippen LogP contribution in [0.4, 0.5) is 11.4 Å². The SMILES string of the molecule is [C-]#[N+]c1ccc([Si](c2ccc(C#N)cc2)(c2ccc([N+]#[C-])cc2)c2ccc(-c3cnc4c(c3)C3(c5ccccc5-c5ccccc53)c3ccccc3-4)cc2)cc1. The molecule has 2 aliphatic rings. The third kappa shape index (κ3) is 4.58. The molecule has 2 aliphatic carbocycles. The average Bonchev–Trinajstić information content (AvgIpc) is 3.75. The van der Waals surface area contributed by atoms with Gasteiger partial charge in [0, 0.05) is 17.3 Å². The first kappa shape index (κ1) is 33.0. The van der Waals surface area contributed by atoms with E-state index in [-0.39, 0.29) is 0 Å². The van der Waals surface area contributed by atoms with Crippen LogP contribution in [0, 0.1) is 24.5 Å². The number of hydrogen-bond donors (Lipinski definition) is 0. The van der Waals surface area contributed by atoms with E-state index in [2.05, 4.69) is 155 Å². The highest BCUT2D eigenvalue weighted by molar-refractivity contribution is 7.19. The molecule has 1 heterocycles. The molecule has 0 radical (unpaired) electrons. The van der Waals surface area contributed by atoms with Crippen LogP contribution in [0.15, 0.2) is 182 Å². The predicted molar refractivity (Wildman–Crippen MR) is 227 cm³/mol. The lowest BCUT2D eigenvalue weighted by molar-refractivity contribution is 0.792. The van der Waals surface area contributed by atoms with Gasteiger partial charge in [0.25, 0.3) is 0 Å². The largest absolute Gasteiger partial charge is 0.255 e. The van der Waals surface area contributed by atoms with Gasteiger partial charge in [-0.25, -0.2) is 9.69 Å². The standard InChI is InChI=1S/C51H30N4Si/c1-53-37-19-27-41(28-20-37)56(39-23-15-34(32-52)16-24-39,42-29-21-38(54-2)22-30-42)40-25-17-35(18-26-40)36-31-49-50(55-33-36)45-11-5-8-14-48(45)51(49)46-12-6-3-9-43(46)44-10-4-7-13-47(44)51/h3-31,33H. The number of aromatic nitrogens is 1. The van der Waals surface area contributed by atoms with Crippen molar-refractivity contribution < 1.29 is 0 Å². The summed E-state index contributed by atoms with van der Waals surface area (Å²) in [5.41, 5.74) is 13.1. The van der Waals surface area contributed by atoms with Crippen molar-refractivity contribution in [2.75, 3.05) is 0 Å². The quantitative estimate of drug-likeness (QED) is 0.101. The second-order valence-electron chi connectivity index (χ2n) is 14.3. The lowest BCUT2D eigenvalue weighted by Gasteiger charge is -2.35. The summed E-state index contributed by atoms with van der Waals surface area (Å²) in [5.74, 6) is 0. The van der Waals surface area contributed by atoms with Crippen LogP contribution in [-0.4, -0.2) is 13.1 Å². The van der Waals surface area contributed by atoms with Crippen LogP contribution >= 0.6 is 0 Å². The fourth-order valence-corrected chi connectivity index (χ4v) is 14.0. The van der Waals surface area contributed by atoms with E-state index in [4.69, 9.17) is 18.1 Å². The predicted octanol–water partition coefficient (Wildman–Crippen LogP) is 9.44. The van der Waals surface area contributed by atoms with Crippen molar-refractivity contribution >= 4 is 40.2 Å². The Morgan fingerprint density at radius 2 is 0.911 bits per heavy atom. The minimum Gasteiger partial charge on any atom is -0.255 e. The molecule has 0 N–H and O–H groups in total. The molecule has 0 amide bonds. The third-order valence-corrected chi connectivity index (χ3v) is 16.6. The van der Waals surface area contributed by atoms with Gasteiger partial charge in [0.05, 0.1) is 35.9 Å². The number of nitriles is 1. The summed E-state index contributed by atoms with van der Waals surface area (Å²) in [4.78, 5) is 12.6. The van der Waals surface area contributed by atoms with E-state index in [0.717, 1.165) is 37.6 Å². The Morgan fingerprint density at radius 1 is 0.482 bits per heavy atom. The molecule has 258 valence electrons. The van der Waals surface area contributed by atoms with Crippen LogP contribution in [0.5, 0.6) is 0 Å². The molecular weight excluding hydrogens is 697 g/mol. The highest BCUT2D eigenvalue weighted by Crippen LogP contribution is 2.62. The molecule has 1 aromatic heterocycles. The summed E-state index contributed by atoms with van der Waals surface area (Å²) in [7, 11) is -3.03. The van der Waals surface area contributed by atoms with Crippen molar-refractivity contribution in [1.29, 1.82) is 5.26 Å². The summed E-state index contributed by atoms with van der Waals surface area (Å²) in [6, 6.07) is 63.6. The van der Waals surface area contributed by atoms with Gasteiger partial charge >= 0.3 is 0 Å². The van der Waals surface area contributed by atoms with E-state index in [9.17, 15) is 5.26 Å². The molecule has 0 saturated carbocycles. The molecule has 0 unspecified atom stereocenters. The van der Waals surface area contributed by atoms with Crippen LogP contribution in [0.2, 0.25) is 0 Å². The Hall–Kier alpha value is -7.62. The van der Waals surface area contributed by atoms with Crippen LogP contribution < -0.4 is 20.7 Å². The zero-order valence-corrected chi connectivity index (χ0v) is 31.1. The normalized spacial score (nSPS) is 12.7. The summed E-state index contributed by atoms with van der Waals surface area (Å²) >= 11 is 0. The number of pyridine rings is 1. The molecule has 0 aliphatic heterocycles. The maximum absolute atomic E-state index is 9.71. The van der Waals surface area contributed by atoms with Gasteiger partial charge in [-0.15, -0.1) is 0 Å². The summed E-state index contributed by atoms with van der Waals surface area (Å²) < 4.78 is 0. The van der Waals surface area contributed by atoms with E-state index in [0.29, 0.717) is 16.9 Å². The molecule has 8 aromatic rings. The number of fused-ring (bicyclic) bond motifs is 10. The molecule has 0 bridgehead atoms. The molecule has 7 aromatic carbocycles. The van der Waals surface area contributed by atoms with E-state index < -0.39 is 13.5 Å². The highest BCUT2D eigenvalue weighted by atomic mass is 28.3. The van der Waals surface area contributed by atoms with Crippen molar-refractivity contribution in [3.05, 3.63) is 233 Å². The number of nitrogens with zero attached hydrogens (tertiary/aromatic N) is 4. The first-order chi connectivity index (χ1) is 27.6. The Balaban J connectivity index is 1.17.